The number of carbonyl (C=O) groups is 2. The molecule has 0 aromatic carbocycles. The maximum Gasteiger partial charge on any atom is 0.323 e. The molecule has 0 unspecified atom stereocenters. The molecule has 3 rings (SSSR count). The van der Waals surface area contributed by atoms with E-state index < -0.39 is 0 Å². The van der Waals surface area contributed by atoms with E-state index in [1.54, 1.807) is 24.1 Å². The molecule has 0 radical (unpaired) electrons. The summed E-state index contributed by atoms with van der Waals surface area (Å²) in [6, 6.07) is 1.43. The third-order valence-electron chi connectivity index (χ3n) is 3.68. The Morgan fingerprint density at radius 3 is 2.74 bits per heavy atom. The minimum atomic E-state index is -0.225. The van der Waals surface area contributed by atoms with Gasteiger partial charge >= 0.3 is 6.03 Å². The standard InChI is InChI=1S/C14H17N5O3S/c1-9-8-11(18-22-9)16-14(21)19-5-2-10(3-6-19)12(20)17-13-15-4-7-23-13/h4,7-8,10H,2-3,5-6H2,1H3,(H,15,17,20)(H,16,18,21). The number of hydrogen-bond donors (Lipinski definition) is 2. The van der Waals surface area contributed by atoms with Crippen LogP contribution in [0.15, 0.2) is 22.2 Å². The largest absolute Gasteiger partial charge is 0.360 e. The molecule has 8 nitrogen and oxygen atoms in total. The highest BCUT2D eigenvalue weighted by Gasteiger charge is 2.28. The molecule has 2 N–H and O–H groups in total. The van der Waals surface area contributed by atoms with Crippen molar-refractivity contribution in [3.63, 3.8) is 0 Å². The molecule has 23 heavy (non-hydrogen) atoms. The normalized spacial score (nSPS) is 15.4. The van der Waals surface area contributed by atoms with Crippen molar-refractivity contribution in [3.05, 3.63) is 23.4 Å². The SMILES string of the molecule is Cc1cc(NC(=O)N2CCC(C(=O)Nc3nccs3)CC2)no1. The lowest BCUT2D eigenvalue weighted by Gasteiger charge is -2.30. The molecule has 2 aromatic rings. The smallest absolute Gasteiger partial charge is 0.323 e. The van der Waals surface area contributed by atoms with Crippen LogP contribution in [0.4, 0.5) is 15.7 Å². The van der Waals surface area contributed by atoms with Crippen LogP contribution in [-0.2, 0) is 4.79 Å². The zero-order valence-electron chi connectivity index (χ0n) is 12.6. The molecule has 3 amide bonds. The molecule has 0 aliphatic carbocycles. The van der Waals surface area contributed by atoms with Gasteiger partial charge in [-0.1, -0.05) is 5.16 Å². The van der Waals surface area contributed by atoms with Crippen LogP contribution < -0.4 is 10.6 Å². The quantitative estimate of drug-likeness (QED) is 0.896. The lowest BCUT2D eigenvalue weighted by Crippen LogP contribution is -2.43. The lowest BCUT2D eigenvalue weighted by atomic mass is 9.96. The number of nitrogens with zero attached hydrogens (tertiary/aromatic N) is 3. The summed E-state index contributed by atoms with van der Waals surface area (Å²) < 4.78 is 4.91. The minimum Gasteiger partial charge on any atom is -0.360 e. The molecule has 1 fully saturated rings. The number of rotatable bonds is 3. The molecule has 1 saturated heterocycles. The summed E-state index contributed by atoms with van der Waals surface area (Å²) in [5.41, 5.74) is 0. The van der Waals surface area contributed by atoms with Crippen molar-refractivity contribution < 1.29 is 14.1 Å². The average molecular weight is 335 g/mol. The van der Waals surface area contributed by atoms with Crippen LogP contribution in [0, 0.1) is 12.8 Å². The Kier molecular flexibility index (Phi) is 4.56. The first-order chi connectivity index (χ1) is 11.1. The maximum atomic E-state index is 12.1. The second-order valence-electron chi connectivity index (χ2n) is 5.34. The first-order valence-electron chi connectivity index (χ1n) is 7.31. The zero-order chi connectivity index (χ0) is 16.2. The summed E-state index contributed by atoms with van der Waals surface area (Å²) in [7, 11) is 0. The number of amides is 3. The molecule has 122 valence electrons. The van der Waals surface area contributed by atoms with Crippen molar-refractivity contribution in [2.75, 3.05) is 23.7 Å². The maximum absolute atomic E-state index is 12.1. The number of piperidine rings is 1. The van der Waals surface area contributed by atoms with Crippen molar-refractivity contribution in [2.24, 2.45) is 5.92 Å². The third kappa shape index (κ3) is 3.86. The number of aromatic nitrogens is 2. The highest BCUT2D eigenvalue weighted by atomic mass is 32.1. The van der Waals surface area contributed by atoms with E-state index in [9.17, 15) is 9.59 Å². The minimum absolute atomic E-state index is 0.0351. The Morgan fingerprint density at radius 1 is 1.35 bits per heavy atom. The Balaban J connectivity index is 1.47. The van der Waals surface area contributed by atoms with E-state index in [4.69, 9.17) is 4.52 Å². The van der Waals surface area contributed by atoms with Gasteiger partial charge in [0.25, 0.3) is 0 Å². The molecule has 1 aliphatic rings. The van der Waals surface area contributed by atoms with Gasteiger partial charge in [0.2, 0.25) is 5.91 Å². The summed E-state index contributed by atoms with van der Waals surface area (Å²) in [5.74, 6) is 0.901. The van der Waals surface area contributed by atoms with Crippen LogP contribution in [0.5, 0.6) is 0 Å². The molecule has 0 atom stereocenters. The first-order valence-corrected chi connectivity index (χ1v) is 8.19. The molecule has 2 aromatic heterocycles. The highest BCUT2D eigenvalue weighted by molar-refractivity contribution is 7.13. The summed E-state index contributed by atoms with van der Waals surface area (Å²) >= 11 is 1.39. The zero-order valence-corrected chi connectivity index (χ0v) is 13.4. The van der Waals surface area contributed by atoms with E-state index in [-0.39, 0.29) is 17.9 Å². The van der Waals surface area contributed by atoms with E-state index in [2.05, 4.69) is 20.8 Å². The highest BCUT2D eigenvalue weighted by Crippen LogP contribution is 2.21. The Bertz CT molecular complexity index is 676. The molecule has 0 saturated carbocycles. The van der Waals surface area contributed by atoms with E-state index in [1.807, 2.05) is 5.38 Å². The van der Waals surface area contributed by atoms with Crippen LogP contribution in [0.1, 0.15) is 18.6 Å². The van der Waals surface area contributed by atoms with E-state index >= 15 is 0 Å². The van der Waals surface area contributed by atoms with Crippen LogP contribution in [0.25, 0.3) is 0 Å². The van der Waals surface area contributed by atoms with Gasteiger partial charge in [-0.25, -0.2) is 9.78 Å². The monoisotopic (exact) mass is 335 g/mol. The molecule has 0 bridgehead atoms. The number of hydrogen-bond acceptors (Lipinski definition) is 6. The first kappa shape index (κ1) is 15.5. The fourth-order valence-corrected chi connectivity index (χ4v) is 2.98. The number of aryl methyl sites for hydroxylation is 1. The molecule has 9 heteroatoms. The van der Waals surface area contributed by atoms with Gasteiger partial charge in [-0.05, 0) is 19.8 Å². The van der Waals surface area contributed by atoms with Crippen LogP contribution in [0.2, 0.25) is 0 Å². The van der Waals surface area contributed by atoms with Gasteiger partial charge in [0.15, 0.2) is 10.9 Å². The number of nitrogens with one attached hydrogen (secondary N) is 2. The summed E-state index contributed by atoms with van der Waals surface area (Å²) in [6.07, 6.45) is 2.91. The van der Waals surface area contributed by atoms with Crippen molar-refractivity contribution in [2.45, 2.75) is 19.8 Å². The molecular formula is C14H17N5O3S. The number of likely N-dealkylation sites (tertiary alicyclic amines) is 1. The molecular weight excluding hydrogens is 318 g/mol. The second-order valence-corrected chi connectivity index (χ2v) is 6.24. The van der Waals surface area contributed by atoms with Crippen LogP contribution >= 0.6 is 11.3 Å². The number of urea groups is 1. The number of anilines is 2. The van der Waals surface area contributed by atoms with E-state index in [0.717, 1.165) is 0 Å². The van der Waals surface area contributed by atoms with Gasteiger partial charge in [0, 0.05) is 36.7 Å². The molecule has 3 heterocycles. The second kappa shape index (κ2) is 6.78. The van der Waals surface area contributed by atoms with Gasteiger partial charge in [0.05, 0.1) is 0 Å². The number of thiazole rings is 1. The topological polar surface area (TPSA) is 100 Å². The van der Waals surface area contributed by atoms with Gasteiger partial charge in [-0.2, -0.15) is 0 Å². The van der Waals surface area contributed by atoms with Crippen molar-refractivity contribution in [1.82, 2.24) is 15.0 Å². The van der Waals surface area contributed by atoms with Crippen LogP contribution in [-0.4, -0.2) is 40.1 Å². The van der Waals surface area contributed by atoms with Gasteiger partial charge < -0.3 is 14.7 Å². The third-order valence-corrected chi connectivity index (χ3v) is 4.37. The number of carbonyl (C=O) groups excluding carboxylic acids is 2. The molecule has 1 aliphatic heterocycles. The van der Waals surface area contributed by atoms with Crippen molar-refractivity contribution in [1.29, 1.82) is 0 Å². The van der Waals surface area contributed by atoms with Crippen molar-refractivity contribution >= 4 is 34.2 Å². The van der Waals surface area contributed by atoms with Gasteiger partial charge in [0.1, 0.15) is 5.76 Å². The predicted molar refractivity (Wildman–Crippen MR) is 85.3 cm³/mol. The molecule has 0 spiro atoms. The van der Waals surface area contributed by atoms with E-state index in [0.29, 0.717) is 42.6 Å². The lowest BCUT2D eigenvalue weighted by molar-refractivity contribution is -0.121. The summed E-state index contributed by atoms with van der Waals surface area (Å²) in [6.45, 7) is 2.81. The van der Waals surface area contributed by atoms with Crippen molar-refractivity contribution in [3.8, 4) is 0 Å². The fourth-order valence-electron chi connectivity index (χ4n) is 2.45. The van der Waals surface area contributed by atoms with Crippen LogP contribution in [0.3, 0.4) is 0 Å². The predicted octanol–water partition coefficient (Wildman–Crippen LogP) is 2.32. The van der Waals surface area contributed by atoms with E-state index in [1.165, 1.54) is 11.3 Å². The summed E-state index contributed by atoms with van der Waals surface area (Å²) in [4.78, 5) is 30.0. The van der Waals surface area contributed by atoms with Gasteiger partial charge in [-0.3, -0.25) is 10.1 Å². The average Bonchev–Trinajstić information content (AvgIpc) is 3.19. The summed E-state index contributed by atoms with van der Waals surface area (Å²) in [5, 5.41) is 11.6. The Labute approximate surface area is 136 Å². The Hall–Kier alpha value is -2.42. The Morgan fingerprint density at radius 2 is 2.13 bits per heavy atom. The van der Waals surface area contributed by atoms with Gasteiger partial charge in [-0.15, -0.1) is 11.3 Å². The fraction of sp³-hybridized carbons (Fsp3) is 0.429.